The van der Waals surface area contributed by atoms with E-state index >= 15 is 0 Å². The lowest BCUT2D eigenvalue weighted by molar-refractivity contribution is -0.125. The third-order valence-electron chi connectivity index (χ3n) is 3.22. The maximum Gasteiger partial charge on any atom is 0.259 e. The molecule has 0 aromatic carbocycles. The molecule has 2 aliphatic rings. The molecule has 6 nitrogen and oxygen atoms in total. The lowest BCUT2D eigenvalue weighted by atomic mass is 10.2. The van der Waals surface area contributed by atoms with E-state index in [-0.39, 0.29) is 5.92 Å². The van der Waals surface area contributed by atoms with Crippen molar-refractivity contribution in [3.63, 3.8) is 0 Å². The van der Waals surface area contributed by atoms with Crippen LogP contribution in [-0.4, -0.2) is 31.5 Å². The molecule has 2 atom stereocenters. The van der Waals surface area contributed by atoms with Crippen LogP contribution in [0.3, 0.4) is 0 Å². The number of hydrogen-bond acceptors (Lipinski definition) is 4. The number of hydrogen-bond donors (Lipinski definition) is 2. The zero-order valence-electron chi connectivity index (χ0n) is 9.18. The molecule has 0 radical (unpaired) electrons. The van der Waals surface area contributed by atoms with Crippen LogP contribution in [0, 0.1) is 5.92 Å². The molecule has 2 saturated carbocycles. The van der Waals surface area contributed by atoms with Crippen LogP contribution in [0.4, 0.5) is 0 Å². The van der Waals surface area contributed by atoms with Crippen molar-refractivity contribution in [3.8, 4) is 0 Å². The lowest BCUT2D eigenvalue weighted by Crippen LogP contribution is -2.50. The predicted octanol–water partition coefficient (Wildman–Crippen LogP) is -0.714. The summed E-state index contributed by atoms with van der Waals surface area (Å²) in [7, 11) is -3.57. The summed E-state index contributed by atoms with van der Waals surface area (Å²) in [5, 5.41) is 1.93. The Morgan fingerprint density at radius 2 is 2.06 bits per heavy atom. The average molecular weight is 258 g/mol. The van der Waals surface area contributed by atoms with Crippen LogP contribution in [0.2, 0.25) is 0 Å². The molecule has 2 rings (SSSR count). The van der Waals surface area contributed by atoms with Gasteiger partial charge in [-0.1, -0.05) is 6.08 Å². The van der Waals surface area contributed by atoms with Gasteiger partial charge in [-0.25, -0.2) is 8.42 Å². The fourth-order valence-corrected chi connectivity index (χ4v) is 3.22. The SMILES string of the molecule is C=CC1CC1(NC=O)C(=O)NS(=O)(=O)C1CC1. The fourth-order valence-electron chi connectivity index (χ4n) is 1.85. The van der Waals surface area contributed by atoms with Crippen LogP contribution >= 0.6 is 0 Å². The van der Waals surface area contributed by atoms with Crippen molar-refractivity contribution in [2.24, 2.45) is 5.92 Å². The lowest BCUT2D eigenvalue weighted by Gasteiger charge is -2.15. The van der Waals surface area contributed by atoms with E-state index in [0.29, 0.717) is 25.7 Å². The van der Waals surface area contributed by atoms with E-state index in [1.807, 2.05) is 4.72 Å². The van der Waals surface area contributed by atoms with Crippen LogP contribution in [-0.2, 0) is 19.6 Å². The first kappa shape index (κ1) is 12.1. The van der Waals surface area contributed by atoms with Crippen molar-refractivity contribution >= 4 is 22.3 Å². The number of sulfonamides is 1. The zero-order valence-corrected chi connectivity index (χ0v) is 10.00. The Labute approximate surface area is 99.5 Å². The molecule has 0 bridgehead atoms. The Balaban J connectivity index is 2.08. The highest BCUT2D eigenvalue weighted by Gasteiger charge is 2.59. The third-order valence-corrected chi connectivity index (χ3v) is 5.04. The Morgan fingerprint density at radius 1 is 1.41 bits per heavy atom. The predicted molar refractivity (Wildman–Crippen MR) is 60.3 cm³/mol. The molecule has 0 spiro atoms. The summed E-state index contributed by atoms with van der Waals surface area (Å²) in [4.78, 5) is 22.3. The quantitative estimate of drug-likeness (QED) is 0.486. The van der Waals surface area contributed by atoms with E-state index in [2.05, 4.69) is 11.9 Å². The highest BCUT2D eigenvalue weighted by molar-refractivity contribution is 7.90. The Hall–Kier alpha value is -1.37. The molecule has 7 heteroatoms. The second-order valence-corrected chi connectivity index (χ2v) is 6.42. The first-order chi connectivity index (χ1) is 7.96. The van der Waals surface area contributed by atoms with E-state index in [4.69, 9.17) is 0 Å². The minimum absolute atomic E-state index is 0.206. The van der Waals surface area contributed by atoms with E-state index in [9.17, 15) is 18.0 Å². The van der Waals surface area contributed by atoms with Crippen molar-refractivity contribution in [3.05, 3.63) is 12.7 Å². The van der Waals surface area contributed by atoms with Gasteiger partial charge in [0.2, 0.25) is 16.4 Å². The molecule has 0 aromatic heterocycles. The average Bonchev–Trinajstić information content (AvgIpc) is 3.12. The van der Waals surface area contributed by atoms with E-state index in [1.54, 1.807) is 6.08 Å². The Morgan fingerprint density at radius 3 is 2.47 bits per heavy atom. The summed E-state index contributed by atoms with van der Waals surface area (Å²) in [6, 6.07) is 0. The Kier molecular flexibility index (Phi) is 2.73. The maximum atomic E-state index is 11.9. The van der Waals surface area contributed by atoms with Gasteiger partial charge in [0.1, 0.15) is 5.54 Å². The van der Waals surface area contributed by atoms with Crippen molar-refractivity contribution in [2.75, 3.05) is 0 Å². The molecule has 94 valence electrons. The van der Waals surface area contributed by atoms with E-state index in [1.165, 1.54) is 0 Å². The molecular weight excluding hydrogens is 244 g/mol. The van der Waals surface area contributed by atoms with Gasteiger partial charge in [-0.2, -0.15) is 0 Å². The van der Waals surface area contributed by atoms with Crippen LogP contribution in [0.1, 0.15) is 19.3 Å². The minimum Gasteiger partial charge on any atom is -0.344 e. The van der Waals surface area contributed by atoms with Crippen LogP contribution in [0.25, 0.3) is 0 Å². The molecular formula is C10H14N2O4S. The molecule has 0 saturated heterocycles. The van der Waals surface area contributed by atoms with Gasteiger partial charge < -0.3 is 5.32 Å². The molecule has 17 heavy (non-hydrogen) atoms. The fraction of sp³-hybridized carbons (Fsp3) is 0.600. The molecule has 2 unspecified atom stereocenters. The molecule has 2 fully saturated rings. The van der Waals surface area contributed by atoms with Crippen LogP contribution in [0.15, 0.2) is 12.7 Å². The smallest absolute Gasteiger partial charge is 0.259 e. The second-order valence-electron chi connectivity index (χ2n) is 4.46. The highest BCUT2D eigenvalue weighted by atomic mass is 32.2. The van der Waals surface area contributed by atoms with E-state index < -0.39 is 26.7 Å². The topological polar surface area (TPSA) is 92.3 Å². The van der Waals surface area contributed by atoms with Crippen LogP contribution < -0.4 is 10.0 Å². The summed E-state index contributed by atoms with van der Waals surface area (Å²) in [5.74, 6) is -0.872. The van der Waals surface area contributed by atoms with Crippen molar-refractivity contribution < 1.29 is 18.0 Å². The highest BCUT2D eigenvalue weighted by Crippen LogP contribution is 2.44. The van der Waals surface area contributed by atoms with Crippen molar-refractivity contribution in [1.29, 1.82) is 0 Å². The van der Waals surface area contributed by atoms with Gasteiger partial charge in [0.15, 0.2) is 0 Å². The van der Waals surface area contributed by atoms with Crippen molar-refractivity contribution in [2.45, 2.75) is 30.1 Å². The monoisotopic (exact) mass is 258 g/mol. The molecule has 2 N–H and O–H groups in total. The minimum atomic E-state index is -3.57. The number of nitrogens with one attached hydrogen (secondary N) is 2. The molecule has 0 aliphatic heterocycles. The van der Waals surface area contributed by atoms with Gasteiger partial charge in [0, 0.05) is 5.92 Å². The number of carbonyl (C=O) groups excluding carboxylic acids is 2. The summed E-state index contributed by atoms with van der Waals surface area (Å²) in [6.45, 7) is 3.54. The zero-order chi connectivity index (χ0) is 12.7. The third kappa shape index (κ3) is 2.06. The van der Waals surface area contributed by atoms with Gasteiger partial charge in [-0.3, -0.25) is 14.3 Å². The largest absolute Gasteiger partial charge is 0.344 e. The number of amides is 2. The molecule has 2 aliphatic carbocycles. The first-order valence-electron chi connectivity index (χ1n) is 5.36. The van der Waals surface area contributed by atoms with Gasteiger partial charge in [-0.15, -0.1) is 6.58 Å². The normalized spacial score (nSPS) is 31.4. The maximum absolute atomic E-state index is 11.9. The van der Waals surface area contributed by atoms with Gasteiger partial charge in [-0.05, 0) is 19.3 Å². The second kappa shape index (κ2) is 3.83. The van der Waals surface area contributed by atoms with Crippen molar-refractivity contribution in [1.82, 2.24) is 10.0 Å². The molecule has 2 amide bonds. The molecule has 0 aromatic rings. The molecule has 0 heterocycles. The van der Waals surface area contributed by atoms with Gasteiger partial charge in [0.05, 0.1) is 5.25 Å². The summed E-state index contributed by atoms with van der Waals surface area (Å²) >= 11 is 0. The van der Waals surface area contributed by atoms with Gasteiger partial charge >= 0.3 is 0 Å². The summed E-state index contributed by atoms with van der Waals surface area (Å²) in [6.07, 6.45) is 3.51. The first-order valence-corrected chi connectivity index (χ1v) is 6.91. The Bertz CT molecular complexity index is 469. The van der Waals surface area contributed by atoms with E-state index in [0.717, 1.165) is 0 Å². The summed E-state index contributed by atoms with van der Waals surface area (Å²) < 4.78 is 25.2. The number of carbonyl (C=O) groups is 2. The standard InChI is InChI=1S/C10H14N2O4S/c1-2-7-5-10(7,11-6-13)9(14)12-17(15,16)8-3-4-8/h2,6-8H,1,3-5H2,(H,11,13)(H,12,14). The van der Waals surface area contributed by atoms with Gasteiger partial charge in [0.25, 0.3) is 5.91 Å². The van der Waals surface area contributed by atoms with Crippen LogP contribution in [0.5, 0.6) is 0 Å². The number of rotatable bonds is 6. The summed E-state index contributed by atoms with van der Waals surface area (Å²) in [5.41, 5.74) is -1.12.